The van der Waals surface area contributed by atoms with E-state index in [2.05, 4.69) is 78.7 Å². The van der Waals surface area contributed by atoms with Crippen molar-refractivity contribution in [2.45, 2.75) is 39.2 Å². The predicted molar refractivity (Wildman–Crippen MR) is 107 cm³/mol. The zero-order valence-corrected chi connectivity index (χ0v) is 15.4. The van der Waals surface area contributed by atoms with Gasteiger partial charge in [-0.2, -0.15) is 0 Å². The molecule has 3 rings (SSSR count). The summed E-state index contributed by atoms with van der Waals surface area (Å²) in [4.78, 5) is 7.30. The van der Waals surface area contributed by atoms with Crippen molar-refractivity contribution in [2.24, 2.45) is 10.9 Å². The fraction of sp³-hybridized carbons (Fsp3) is 0.409. The van der Waals surface area contributed by atoms with Gasteiger partial charge in [0.05, 0.1) is 12.6 Å². The molecular weight excluding hydrogens is 306 g/mol. The van der Waals surface area contributed by atoms with Crippen molar-refractivity contribution in [3.8, 4) is 0 Å². The molecule has 0 bridgehead atoms. The normalized spacial score (nSPS) is 18.1. The lowest BCUT2D eigenvalue weighted by Crippen LogP contribution is -2.42. The smallest absolute Gasteiger partial charge is 0.198 e. The molecule has 0 fully saturated rings. The fourth-order valence-corrected chi connectivity index (χ4v) is 3.23. The fourth-order valence-electron chi connectivity index (χ4n) is 3.23. The molecule has 0 saturated heterocycles. The van der Waals surface area contributed by atoms with E-state index in [1.54, 1.807) is 0 Å². The van der Waals surface area contributed by atoms with Crippen LogP contribution in [0.5, 0.6) is 0 Å². The summed E-state index contributed by atoms with van der Waals surface area (Å²) in [5, 5.41) is 3.52. The molecule has 0 spiro atoms. The summed E-state index contributed by atoms with van der Waals surface area (Å²) in [7, 11) is 0. The summed E-state index contributed by atoms with van der Waals surface area (Å²) in [6.07, 6.45) is 3.48. The molecule has 1 unspecified atom stereocenters. The topological polar surface area (TPSA) is 27.6 Å². The van der Waals surface area contributed by atoms with Crippen LogP contribution in [0.15, 0.2) is 65.7 Å². The van der Waals surface area contributed by atoms with Crippen LogP contribution in [-0.2, 0) is 6.42 Å². The van der Waals surface area contributed by atoms with Crippen molar-refractivity contribution in [3.63, 3.8) is 0 Å². The van der Waals surface area contributed by atoms with Crippen molar-refractivity contribution in [1.82, 2.24) is 4.90 Å². The third-order valence-corrected chi connectivity index (χ3v) is 5.07. The SMILES string of the molecule is CCC(C)CCN1C(Nc2ccccc2)=NC[C@@H]1Cc1ccccc1. The zero-order valence-electron chi connectivity index (χ0n) is 15.4. The van der Waals surface area contributed by atoms with Crippen molar-refractivity contribution in [1.29, 1.82) is 0 Å². The summed E-state index contributed by atoms with van der Waals surface area (Å²) in [5.74, 6) is 1.77. The second-order valence-electron chi connectivity index (χ2n) is 6.99. The Morgan fingerprint density at radius 1 is 1.08 bits per heavy atom. The van der Waals surface area contributed by atoms with E-state index in [1.807, 2.05) is 6.07 Å². The third kappa shape index (κ3) is 4.85. The highest BCUT2D eigenvalue weighted by Crippen LogP contribution is 2.20. The Morgan fingerprint density at radius 3 is 2.44 bits per heavy atom. The summed E-state index contributed by atoms with van der Waals surface area (Å²) in [6, 6.07) is 21.6. The summed E-state index contributed by atoms with van der Waals surface area (Å²) in [6.45, 7) is 6.53. The number of anilines is 1. The molecule has 0 aliphatic carbocycles. The minimum atomic E-state index is 0.442. The number of nitrogens with zero attached hydrogens (tertiary/aromatic N) is 2. The molecule has 0 radical (unpaired) electrons. The van der Waals surface area contributed by atoms with Gasteiger partial charge in [-0.15, -0.1) is 0 Å². The zero-order chi connectivity index (χ0) is 17.5. The van der Waals surface area contributed by atoms with Gasteiger partial charge in [0.25, 0.3) is 0 Å². The van der Waals surface area contributed by atoms with Gasteiger partial charge in [-0.05, 0) is 36.5 Å². The van der Waals surface area contributed by atoms with Crippen molar-refractivity contribution in [3.05, 3.63) is 66.2 Å². The molecule has 0 aromatic heterocycles. The average Bonchev–Trinajstić information content (AvgIpc) is 3.02. The molecule has 3 heteroatoms. The van der Waals surface area contributed by atoms with Crippen LogP contribution in [0.3, 0.4) is 0 Å². The van der Waals surface area contributed by atoms with Crippen molar-refractivity contribution in [2.75, 3.05) is 18.4 Å². The van der Waals surface area contributed by atoms with Crippen LogP contribution in [-0.4, -0.2) is 30.0 Å². The van der Waals surface area contributed by atoms with E-state index in [9.17, 15) is 0 Å². The minimum absolute atomic E-state index is 0.442. The second kappa shape index (κ2) is 8.70. The third-order valence-electron chi connectivity index (χ3n) is 5.07. The molecule has 2 atom stereocenters. The minimum Gasteiger partial charge on any atom is -0.338 e. The number of hydrogen-bond donors (Lipinski definition) is 1. The summed E-state index contributed by atoms with van der Waals surface area (Å²) < 4.78 is 0. The van der Waals surface area contributed by atoms with Gasteiger partial charge in [0.15, 0.2) is 5.96 Å². The maximum Gasteiger partial charge on any atom is 0.198 e. The molecule has 25 heavy (non-hydrogen) atoms. The maximum atomic E-state index is 4.83. The lowest BCUT2D eigenvalue weighted by molar-refractivity contribution is 0.311. The molecule has 1 aliphatic heterocycles. The van der Waals surface area contributed by atoms with Gasteiger partial charge in [0, 0.05) is 12.2 Å². The van der Waals surface area contributed by atoms with Crippen LogP contribution < -0.4 is 5.32 Å². The van der Waals surface area contributed by atoms with Crippen LogP contribution in [0.2, 0.25) is 0 Å². The molecule has 0 saturated carbocycles. The van der Waals surface area contributed by atoms with Crippen molar-refractivity contribution >= 4 is 11.6 Å². The van der Waals surface area contributed by atoms with Gasteiger partial charge in [0.1, 0.15) is 0 Å². The highest BCUT2D eigenvalue weighted by atomic mass is 15.4. The number of benzene rings is 2. The standard InChI is InChI=1S/C22H29N3/c1-3-18(2)14-15-25-21(16-19-10-6-4-7-11-19)17-23-22(25)24-20-12-8-5-9-13-20/h4-13,18,21H,3,14-17H2,1-2H3,(H,23,24)/t18?,21-/m0/s1. The van der Waals surface area contributed by atoms with Crippen molar-refractivity contribution < 1.29 is 0 Å². The lowest BCUT2D eigenvalue weighted by Gasteiger charge is -2.29. The molecule has 1 N–H and O–H groups in total. The number of aliphatic imine (C=N–C) groups is 1. The van der Waals surface area contributed by atoms with Gasteiger partial charge >= 0.3 is 0 Å². The first-order valence-electron chi connectivity index (χ1n) is 9.43. The average molecular weight is 335 g/mol. The van der Waals surface area contributed by atoms with Crippen LogP contribution in [0, 0.1) is 5.92 Å². The molecule has 1 aliphatic rings. The number of guanidine groups is 1. The number of nitrogens with one attached hydrogen (secondary N) is 1. The second-order valence-corrected chi connectivity index (χ2v) is 6.99. The highest BCUT2D eigenvalue weighted by molar-refractivity contribution is 5.95. The van der Waals surface area contributed by atoms with E-state index >= 15 is 0 Å². The van der Waals surface area contributed by atoms with Gasteiger partial charge in [-0.3, -0.25) is 4.99 Å². The quantitative estimate of drug-likeness (QED) is 0.786. The monoisotopic (exact) mass is 335 g/mol. The van der Waals surface area contributed by atoms with E-state index in [1.165, 1.54) is 18.4 Å². The van der Waals surface area contributed by atoms with E-state index in [4.69, 9.17) is 4.99 Å². The Labute approximate surface area is 151 Å². The Kier molecular flexibility index (Phi) is 6.10. The van der Waals surface area contributed by atoms with Crippen LogP contribution in [0.25, 0.3) is 0 Å². The first-order valence-corrected chi connectivity index (χ1v) is 9.43. The molecule has 132 valence electrons. The Hall–Kier alpha value is -2.29. The highest BCUT2D eigenvalue weighted by Gasteiger charge is 2.28. The Morgan fingerprint density at radius 2 is 1.76 bits per heavy atom. The van der Waals surface area contributed by atoms with Gasteiger partial charge < -0.3 is 10.2 Å². The lowest BCUT2D eigenvalue weighted by atomic mass is 10.0. The van der Waals surface area contributed by atoms with E-state index < -0.39 is 0 Å². The van der Waals surface area contributed by atoms with E-state index in [0.717, 1.165) is 37.1 Å². The molecule has 2 aromatic rings. The first kappa shape index (κ1) is 17.5. The summed E-state index contributed by atoms with van der Waals surface area (Å²) in [5.41, 5.74) is 2.49. The molecule has 1 heterocycles. The van der Waals surface area contributed by atoms with Crippen LogP contribution in [0.1, 0.15) is 32.3 Å². The number of rotatable bonds is 7. The van der Waals surface area contributed by atoms with Gasteiger partial charge in [-0.1, -0.05) is 68.8 Å². The molecular formula is C22H29N3. The Bertz CT molecular complexity index is 666. The molecule has 0 amide bonds. The maximum absolute atomic E-state index is 4.83. The van der Waals surface area contributed by atoms with Gasteiger partial charge in [0.2, 0.25) is 0 Å². The van der Waals surface area contributed by atoms with E-state index in [0.29, 0.717) is 6.04 Å². The van der Waals surface area contributed by atoms with Crippen LogP contribution in [0.4, 0.5) is 5.69 Å². The Balaban J connectivity index is 1.70. The van der Waals surface area contributed by atoms with Crippen LogP contribution >= 0.6 is 0 Å². The van der Waals surface area contributed by atoms with Gasteiger partial charge in [-0.25, -0.2) is 0 Å². The largest absolute Gasteiger partial charge is 0.338 e. The number of para-hydroxylation sites is 1. The predicted octanol–water partition coefficient (Wildman–Crippen LogP) is 4.82. The molecule has 3 nitrogen and oxygen atoms in total. The first-order chi connectivity index (χ1) is 12.3. The molecule has 2 aromatic carbocycles. The number of hydrogen-bond acceptors (Lipinski definition) is 3. The van der Waals surface area contributed by atoms with E-state index in [-0.39, 0.29) is 0 Å². The summed E-state index contributed by atoms with van der Waals surface area (Å²) >= 11 is 0.